The van der Waals surface area contributed by atoms with Crippen LogP contribution in [0.15, 0.2) is 24.3 Å². The first-order valence-electron chi connectivity index (χ1n) is 7.16. The molecule has 1 aliphatic heterocycles. The topological polar surface area (TPSA) is 93.1 Å². The average Bonchev–Trinajstić information content (AvgIpc) is 2.53. The fourth-order valence-corrected chi connectivity index (χ4v) is 2.81. The van der Waals surface area contributed by atoms with Gasteiger partial charge in [-0.25, -0.2) is 0 Å². The summed E-state index contributed by atoms with van der Waals surface area (Å²) in [5, 5.41) is 18.0. The summed E-state index contributed by atoms with van der Waals surface area (Å²) >= 11 is 0. The molecule has 22 heavy (non-hydrogen) atoms. The summed E-state index contributed by atoms with van der Waals surface area (Å²) in [5.41, 5.74) is 1.16. The number of carboxylic acid groups (broad SMARTS) is 2. The summed E-state index contributed by atoms with van der Waals surface area (Å²) in [7, 11) is 1.65. The van der Waals surface area contributed by atoms with Crippen LogP contribution in [0.25, 0.3) is 0 Å². The number of carboxylic acids is 2. The Kier molecular flexibility index (Phi) is 5.15. The van der Waals surface area contributed by atoms with Crippen LogP contribution in [-0.2, 0) is 31.1 Å². The fourth-order valence-electron chi connectivity index (χ4n) is 2.81. The van der Waals surface area contributed by atoms with Crippen LogP contribution >= 0.6 is 0 Å². The molecule has 1 heterocycles. The summed E-state index contributed by atoms with van der Waals surface area (Å²) < 4.78 is 11.1. The Balaban J connectivity index is 2.25. The monoisotopic (exact) mass is 308 g/mol. The molecule has 1 saturated heterocycles. The van der Waals surface area contributed by atoms with E-state index in [0.29, 0.717) is 31.6 Å². The van der Waals surface area contributed by atoms with E-state index in [1.165, 1.54) is 0 Å². The molecule has 1 fully saturated rings. The van der Waals surface area contributed by atoms with Crippen molar-refractivity contribution in [2.75, 3.05) is 20.3 Å². The Morgan fingerprint density at radius 3 is 2.45 bits per heavy atom. The SMILES string of the molecule is COC1(c2cccc(CC(C(=O)O)C(=O)O)c2)CCOCC1. The lowest BCUT2D eigenvalue weighted by Crippen LogP contribution is -2.35. The van der Waals surface area contributed by atoms with Crippen molar-refractivity contribution in [3.8, 4) is 0 Å². The second kappa shape index (κ2) is 6.89. The van der Waals surface area contributed by atoms with E-state index in [0.717, 1.165) is 5.56 Å². The first-order valence-corrected chi connectivity index (χ1v) is 7.16. The molecule has 1 aromatic carbocycles. The lowest BCUT2D eigenvalue weighted by atomic mass is 9.84. The molecule has 6 heteroatoms. The number of rotatable bonds is 6. The zero-order chi connectivity index (χ0) is 16.2. The van der Waals surface area contributed by atoms with Gasteiger partial charge in [0, 0.05) is 33.2 Å². The second-order valence-corrected chi connectivity index (χ2v) is 5.44. The van der Waals surface area contributed by atoms with Crippen molar-refractivity contribution in [1.29, 1.82) is 0 Å². The third-order valence-electron chi connectivity index (χ3n) is 4.18. The largest absolute Gasteiger partial charge is 0.481 e. The van der Waals surface area contributed by atoms with E-state index in [-0.39, 0.29) is 6.42 Å². The zero-order valence-electron chi connectivity index (χ0n) is 12.4. The summed E-state index contributed by atoms with van der Waals surface area (Å²) in [6, 6.07) is 7.31. The molecule has 0 atom stereocenters. The molecule has 0 amide bonds. The highest BCUT2D eigenvalue weighted by Crippen LogP contribution is 2.36. The summed E-state index contributed by atoms with van der Waals surface area (Å²) in [6.07, 6.45) is 1.39. The first kappa shape index (κ1) is 16.5. The lowest BCUT2D eigenvalue weighted by Gasteiger charge is -2.36. The molecule has 6 nitrogen and oxygen atoms in total. The quantitative estimate of drug-likeness (QED) is 0.776. The maximum atomic E-state index is 11.0. The Labute approximate surface area is 128 Å². The van der Waals surface area contributed by atoms with Crippen molar-refractivity contribution in [3.63, 3.8) is 0 Å². The van der Waals surface area contributed by atoms with E-state index in [4.69, 9.17) is 19.7 Å². The second-order valence-electron chi connectivity index (χ2n) is 5.44. The summed E-state index contributed by atoms with van der Waals surface area (Å²) in [4.78, 5) is 22.1. The molecule has 0 aliphatic carbocycles. The molecule has 0 bridgehead atoms. The van der Waals surface area contributed by atoms with Gasteiger partial charge in [0.15, 0.2) is 5.92 Å². The van der Waals surface area contributed by atoms with Crippen LogP contribution in [0.3, 0.4) is 0 Å². The lowest BCUT2D eigenvalue weighted by molar-refractivity contribution is -0.154. The molecular weight excluding hydrogens is 288 g/mol. The molecule has 1 aromatic rings. The molecule has 0 spiro atoms. The number of benzene rings is 1. The maximum absolute atomic E-state index is 11.0. The van der Waals surface area contributed by atoms with Gasteiger partial charge < -0.3 is 19.7 Å². The van der Waals surface area contributed by atoms with Crippen molar-refractivity contribution in [3.05, 3.63) is 35.4 Å². The Morgan fingerprint density at radius 1 is 1.27 bits per heavy atom. The molecule has 0 aromatic heterocycles. The van der Waals surface area contributed by atoms with Crippen molar-refractivity contribution in [2.24, 2.45) is 5.92 Å². The third kappa shape index (κ3) is 3.45. The van der Waals surface area contributed by atoms with Gasteiger partial charge in [-0.2, -0.15) is 0 Å². The van der Waals surface area contributed by atoms with E-state index in [2.05, 4.69) is 0 Å². The van der Waals surface area contributed by atoms with Crippen LogP contribution in [0.4, 0.5) is 0 Å². The predicted octanol–water partition coefficient (Wildman–Crippen LogP) is 1.67. The van der Waals surface area contributed by atoms with E-state index < -0.39 is 23.5 Å². The van der Waals surface area contributed by atoms with Crippen molar-refractivity contribution in [1.82, 2.24) is 0 Å². The highest BCUT2D eigenvalue weighted by molar-refractivity contribution is 5.93. The first-order chi connectivity index (χ1) is 10.5. The van der Waals surface area contributed by atoms with Gasteiger partial charge in [0.2, 0.25) is 0 Å². The standard InChI is InChI=1S/C16H20O6/c1-21-16(5-7-22-8-6-16)12-4-2-3-11(9-12)10-13(14(17)18)15(19)20/h2-4,9,13H,5-8,10H2,1H3,(H,17,18)(H,19,20). The third-order valence-corrected chi connectivity index (χ3v) is 4.18. The molecule has 0 unspecified atom stereocenters. The van der Waals surface area contributed by atoms with Crippen molar-refractivity contribution >= 4 is 11.9 Å². The fraction of sp³-hybridized carbons (Fsp3) is 0.500. The predicted molar refractivity (Wildman–Crippen MR) is 77.6 cm³/mol. The van der Waals surface area contributed by atoms with Crippen molar-refractivity contribution in [2.45, 2.75) is 24.9 Å². The van der Waals surface area contributed by atoms with E-state index in [1.54, 1.807) is 13.2 Å². The normalized spacial score (nSPS) is 17.4. The summed E-state index contributed by atoms with van der Waals surface area (Å²) in [6.45, 7) is 1.20. The molecule has 0 saturated carbocycles. The number of methoxy groups -OCH3 is 1. The van der Waals surface area contributed by atoms with Gasteiger partial charge in [-0.3, -0.25) is 9.59 Å². The Hall–Kier alpha value is -1.92. The number of carbonyl (C=O) groups is 2. The van der Waals surface area contributed by atoms with Gasteiger partial charge in [0.1, 0.15) is 0 Å². The van der Waals surface area contributed by atoms with Crippen LogP contribution in [0, 0.1) is 5.92 Å². The molecule has 1 aliphatic rings. The van der Waals surface area contributed by atoms with Gasteiger partial charge >= 0.3 is 11.9 Å². The van der Waals surface area contributed by atoms with Crippen LogP contribution in [-0.4, -0.2) is 42.5 Å². The average molecular weight is 308 g/mol. The van der Waals surface area contributed by atoms with Gasteiger partial charge in [-0.15, -0.1) is 0 Å². The van der Waals surface area contributed by atoms with Gasteiger partial charge in [0.25, 0.3) is 0 Å². The molecule has 2 rings (SSSR count). The van der Waals surface area contributed by atoms with Gasteiger partial charge in [-0.1, -0.05) is 24.3 Å². The minimum atomic E-state index is -1.44. The number of ether oxygens (including phenoxy) is 2. The van der Waals surface area contributed by atoms with Crippen LogP contribution in [0.2, 0.25) is 0 Å². The highest BCUT2D eigenvalue weighted by atomic mass is 16.5. The highest BCUT2D eigenvalue weighted by Gasteiger charge is 2.35. The van der Waals surface area contributed by atoms with Gasteiger partial charge in [0.05, 0.1) is 5.60 Å². The van der Waals surface area contributed by atoms with Crippen molar-refractivity contribution < 1.29 is 29.3 Å². The minimum Gasteiger partial charge on any atom is -0.481 e. The smallest absolute Gasteiger partial charge is 0.318 e. The van der Waals surface area contributed by atoms with E-state index >= 15 is 0 Å². The van der Waals surface area contributed by atoms with Crippen LogP contribution < -0.4 is 0 Å². The molecule has 2 N–H and O–H groups in total. The Morgan fingerprint density at radius 2 is 1.91 bits per heavy atom. The van der Waals surface area contributed by atoms with Gasteiger partial charge in [-0.05, 0) is 17.5 Å². The molecule has 120 valence electrons. The maximum Gasteiger partial charge on any atom is 0.318 e. The molecular formula is C16H20O6. The van der Waals surface area contributed by atoms with Crippen LogP contribution in [0.1, 0.15) is 24.0 Å². The number of hydrogen-bond acceptors (Lipinski definition) is 4. The van der Waals surface area contributed by atoms with E-state index in [1.807, 2.05) is 18.2 Å². The summed E-state index contributed by atoms with van der Waals surface area (Å²) in [5.74, 6) is -4.10. The minimum absolute atomic E-state index is 0.0468. The zero-order valence-corrected chi connectivity index (χ0v) is 12.4. The Bertz CT molecular complexity index is 533. The van der Waals surface area contributed by atoms with E-state index in [9.17, 15) is 9.59 Å². The van der Waals surface area contributed by atoms with Crippen LogP contribution in [0.5, 0.6) is 0 Å². The number of aliphatic carboxylic acids is 2. The number of hydrogen-bond donors (Lipinski definition) is 2. The molecule has 0 radical (unpaired) electrons.